The van der Waals surface area contributed by atoms with Crippen LogP contribution in [0.4, 0.5) is 5.88 Å². The van der Waals surface area contributed by atoms with Crippen LogP contribution in [0.1, 0.15) is 17.0 Å². The van der Waals surface area contributed by atoms with Gasteiger partial charge in [-0.1, -0.05) is 12.2 Å². The zero-order valence-corrected chi connectivity index (χ0v) is 7.27. The molecule has 13 heavy (non-hydrogen) atoms. The highest BCUT2D eigenvalue weighted by molar-refractivity contribution is 5.71. The van der Waals surface area contributed by atoms with Gasteiger partial charge >= 0.3 is 0 Å². The van der Waals surface area contributed by atoms with Crippen LogP contribution in [0, 0.1) is 0 Å². The fourth-order valence-electron chi connectivity index (χ4n) is 1.42. The van der Waals surface area contributed by atoms with E-state index in [1.807, 2.05) is 6.07 Å². The number of anilines is 1. The monoisotopic (exact) mass is 177 g/mol. The summed E-state index contributed by atoms with van der Waals surface area (Å²) in [4.78, 5) is 12.5. The van der Waals surface area contributed by atoms with Crippen LogP contribution in [-0.2, 0) is 0 Å². The Hall–Kier alpha value is -1.51. The lowest BCUT2D eigenvalue weighted by Gasteiger charge is -2.22. The quantitative estimate of drug-likeness (QED) is 0.510. The Morgan fingerprint density at radius 3 is 2.92 bits per heavy atom. The second kappa shape index (κ2) is 3.47. The molecule has 2 rings (SSSR count). The highest BCUT2D eigenvalue weighted by Crippen LogP contribution is 2.19. The molecule has 0 aliphatic carbocycles. The smallest absolute Gasteiger partial charge is 0.196 e. The van der Waals surface area contributed by atoms with E-state index in [0.717, 1.165) is 31.7 Å². The fourth-order valence-corrected chi connectivity index (χ4v) is 1.42. The summed E-state index contributed by atoms with van der Waals surface area (Å²) in [6.07, 6.45) is 6.02. The van der Waals surface area contributed by atoms with Gasteiger partial charge in [0.2, 0.25) is 0 Å². The fraction of sp³-hybridized carbons (Fsp3) is 0.300. The van der Waals surface area contributed by atoms with Gasteiger partial charge in [0.15, 0.2) is 17.9 Å². The minimum atomic E-state index is 0.393. The predicted octanol–water partition coefficient (Wildman–Crippen LogP) is 1.86. The first-order valence-corrected chi connectivity index (χ1v) is 4.35. The van der Waals surface area contributed by atoms with E-state index in [9.17, 15) is 4.79 Å². The predicted molar refractivity (Wildman–Crippen MR) is 50.1 cm³/mol. The molecule has 0 N–H and O–H groups in total. The molecule has 0 amide bonds. The molecular weight excluding hydrogens is 166 g/mol. The van der Waals surface area contributed by atoms with Crippen molar-refractivity contribution < 1.29 is 9.21 Å². The molecule has 2 heterocycles. The van der Waals surface area contributed by atoms with E-state index in [-0.39, 0.29) is 0 Å². The van der Waals surface area contributed by atoms with Crippen molar-refractivity contribution in [2.75, 3.05) is 18.0 Å². The van der Waals surface area contributed by atoms with Crippen molar-refractivity contribution in [2.24, 2.45) is 0 Å². The third-order valence-corrected chi connectivity index (χ3v) is 2.10. The zero-order valence-electron chi connectivity index (χ0n) is 7.27. The van der Waals surface area contributed by atoms with Crippen molar-refractivity contribution in [3.05, 3.63) is 30.0 Å². The average Bonchev–Trinajstić information content (AvgIpc) is 2.67. The molecule has 68 valence electrons. The Kier molecular flexibility index (Phi) is 2.17. The van der Waals surface area contributed by atoms with Crippen LogP contribution in [-0.4, -0.2) is 19.4 Å². The number of carbonyl (C=O) groups excluding carboxylic acids is 1. The Morgan fingerprint density at radius 1 is 1.38 bits per heavy atom. The van der Waals surface area contributed by atoms with E-state index < -0.39 is 0 Å². The number of hydrogen-bond acceptors (Lipinski definition) is 3. The van der Waals surface area contributed by atoms with Crippen molar-refractivity contribution in [3.63, 3.8) is 0 Å². The average molecular weight is 177 g/mol. The highest BCUT2D eigenvalue weighted by atomic mass is 16.4. The minimum Gasteiger partial charge on any atom is -0.438 e. The summed E-state index contributed by atoms with van der Waals surface area (Å²) < 4.78 is 5.30. The lowest BCUT2D eigenvalue weighted by molar-refractivity contribution is 0.110. The number of aldehydes is 1. The van der Waals surface area contributed by atoms with Crippen molar-refractivity contribution in [1.82, 2.24) is 0 Å². The first-order chi connectivity index (χ1) is 6.40. The summed E-state index contributed by atoms with van der Waals surface area (Å²) in [5, 5.41) is 0. The maximum atomic E-state index is 10.4. The van der Waals surface area contributed by atoms with E-state index in [1.54, 1.807) is 6.07 Å². The molecule has 1 aliphatic rings. The van der Waals surface area contributed by atoms with Crippen LogP contribution in [0.25, 0.3) is 0 Å². The normalized spacial score (nSPS) is 16.2. The summed E-state index contributed by atoms with van der Waals surface area (Å²) in [5.41, 5.74) is 0. The highest BCUT2D eigenvalue weighted by Gasteiger charge is 2.10. The summed E-state index contributed by atoms with van der Waals surface area (Å²) >= 11 is 0. The van der Waals surface area contributed by atoms with Gasteiger partial charge in [-0.25, -0.2) is 0 Å². The van der Waals surface area contributed by atoms with Gasteiger partial charge in [0.05, 0.1) is 0 Å². The van der Waals surface area contributed by atoms with Crippen molar-refractivity contribution >= 4 is 12.2 Å². The molecule has 0 saturated heterocycles. The van der Waals surface area contributed by atoms with E-state index in [0.29, 0.717) is 5.76 Å². The van der Waals surface area contributed by atoms with E-state index in [1.165, 1.54) is 0 Å². The summed E-state index contributed by atoms with van der Waals surface area (Å²) in [5.74, 6) is 1.18. The molecule has 1 aliphatic heterocycles. The molecule has 3 heteroatoms. The number of hydrogen-bond donors (Lipinski definition) is 0. The molecule has 1 aromatic rings. The largest absolute Gasteiger partial charge is 0.438 e. The number of rotatable bonds is 2. The SMILES string of the molecule is O=Cc1ccc(N2CC=CCC2)o1. The van der Waals surface area contributed by atoms with E-state index in [4.69, 9.17) is 4.42 Å². The minimum absolute atomic E-state index is 0.393. The summed E-state index contributed by atoms with van der Waals surface area (Å²) in [7, 11) is 0. The molecule has 0 saturated carbocycles. The lowest BCUT2D eigenvalue weighted by atomic mass is 10.2. The maximum Gasteiger partial charge on any atom is 0.196 e. The van der Waals surface area contributed by atoms with E-state index >= 15 is 0 Å². The van der Waals surface area contributed by atoms with Crippen LogP contribution in [0.15, 0.2) is 28.7 Å². The lowest BCUT2D eigenvalue weighted by Crippen LogP contribution is -2.26. The van der Waals surface area contributed by atoms with Crippen LogP contribution >= 0.6 is 0 Å². The zero-order chi connectivity index (χ0) is 9.10. The van der Waals surface area contributed by atoms with Crippen molar-refractivity contribution in [1.29, 1.82) is 0 Å². The molecule has 3 nitrogen and oxygen atoms in total. The van der Waals surface area contributed by atoms with E-state index in [2.05, 4.69) is 17.1 Å². The standard InChI is InChI=1S/C10H11NO2/c12-8-9-4-5-10(13-9)11-6-2-1-3-7-11/h1-2,4-5,8H,3,6-7H2. The molecule has 0 atom stereocenters. The van der Waals surface area contributed by atoms with Gasteiger partial charge in [-0.3, -0.25) is 4.79 Å². The van der Waals surface area contributed by atoms with Gasteiger partial charge in [0.1, 0.15) is 0 Å². The number of furan rings is 1. The topological polar surface area (TPSA) is 33.5 Å². The second-order valence-electron chi connectivity index (χ2n) is 3.00. The van der Waals surface area contributed by atoms with Crippen LogP contribution in [0.3, 0.4) is 0 Å². The summed E-state index contributed by atoms with van der Waals surface area (Å²) in [6.45, 7) is 1.83. The van der Waals surface area contributed by atoms with Gasteiger partial charge in [0, 0.05) is 19.2 Å². The molecule has 0 aromatic carbocycles. The van der Waals surface area contributed by atoms with Crippen LogP contribution in [0.2, 0.25) is 0 Å². The van der Waals surface area contributed by atoms with Gasteiger partial charge in [-0.2, -0.15) is 0 Å². The molecule has 0 unspecified atom stereocenters. The van der Waals surface area contributed by atoms with Crippen molar-refractivity contribution in [2.45, 2.75) is 6.42 Å². The van der Waals surface area contributed by atoms with Gasteiger partial charge < -0.3 is 9.32 Å². The Bertz CT molecular complexity index is 327. The molecule has 0 bridgehead atoms. The molecule has 0 radical (unpaired) electrons. The molecule has 0 fully saturated rings. The Labute approximate surface area is 76.6 Å². The van der Waals surface area contributed by atoms with Crippen LogP contribution in [0.5, 0.6) is 0 Å². The number of carbonyl (C=O) groups is 1. The van der Waals surface area contributed by atoms with Crippen LogP contribution < -0.4 is 4.90 Å². The molecular formula is C10H11NO2. The maximum absolute atomic E-state index is 10.4. The van der Waals surface area contributed by atoms with Gasteiger partial charge in [-0.05, 0) is 12.5 Å². The molecule has 1 aromatic heterocycles. The molecule has 0 spiro atoms. The Balaban J connectivity index is 2.15. The summed E-state index contributed by atoms with van der Waals surface area (Å²) in [6, 6.07) is 3.53. The third kappa shape index (κ3) is 1.64. The first kappa shape index (κ1) is 8.10. The van der Waals surface area contributed by atoms with Crippen molar-refractivity contribution in [3.8, 4) is 0 Å². The Morgan fingerprint density at radius 2 is 2.31 bits per heavy atom. The first-order valence-electron chi connectivity index (χ1n) is 4.35. The number of nitrogens with zero attached hydrogens (tertiary/aromatic N) is 1. The third-order valence-electron chi connectivity index (χ3n) is 2.10. The van der Waals surface area contributed by atoms with Gasteiger partial charge in [0.25, 0.3) is 0 Å². The second-order valence-corrected chi connectivity index (χ2v) is 3.00. The van der Waals surface area contributed by atoms with Gasteiger partial charge in [-0.15, -0.1) is 0 Å².